The van der Waals surface area contributed by atoms with Crippen LogP contribution in [0.4, 0.5) is 5.69 Å². The molecular weight excluding hydrogens is 375 g/mol. The fourth-order valence-electron chi connectivity index (χ4n) is 3.19. The molecule has 0 aromatic heterocycles. The maximum absolute atomic E-state index is 6.24. The Kier molecular flexibility index (Phi) is 5.28. The number of allylic oxidation sites excluding steroid dienone is 1. The molecule has 1 atom stereocenters. The first kappa shape index (κ1) is 17.8. The zero-order valence-electron chi connectivity index (χ0n) is 14.6. The summed E-state index contributed by atoms with van der Waals surface area (Å²) in [5.41, 5.74) is 4.33. The number of nitrogens with zero attached hydrogens (tertiary/aromatic N) is 2. The van der Waals surface area contributed by atoms with Crippen molar-refractivity contribution in [3.05, 3.63) is 106 Å². The highest BCUT2D eigenvalue weighted by Gasteiger charge is 2.28. The van der Waals surface area contributed by atoms with Crippen LogP contribution in [0.3, 0.4) is 0 Å². The zero-order chi connectivity index (χ0) is 18.6. The quantitative estimate of drug-likeness (QED) is 0.465. The van der Waals surface area contributed by atoms with Crippen molar-refractivity contribution in [2.75, 3.05) is 5.01 Å². The fraction of sp³-hybridized carbons (Fsp3) is 0.0870. The van der Waals surface area contributed by atoms with Crippen LogP contribution in [0.5, 0.6) is 0 Å². The Hall–Kier alpha value is -2.55. The number of hydrogen-bond acceptors (Lipinski definition) is 2. The Morgan fingerprint density at radius 3 is 2.22 bits per heavy atom. The molecule has 1 aliphatic heterocycles. The van der Waals surface area contributed by atoms with E-state index in [1.54, 1.807) is 0 Å². The van der Waals surface area contributed by atoms with Gasteiger partial charge >= 0.3 is 0 Å². The minimum Gasteiger partial charge on any atom is -0.257 e. The molecule has 2 nitrogen and oxygen atoms in total. The Bertz CT molecular complexity index is 982. The molecule has 3 aromatic rings. The minimum atomic E-state index is 0.124. The van der Waals surface area contributed by atoms with Crippen LogP contribution in [-0.4, -0.2) is 5.71 Å². The molecule has 0 saturated heterocycles. The van der Waals surface area contributed by atoms with Crippen molar-refractivity contribution in [1.82, 2.24) is 0 Å². The lowest BCUT2D eigenvalue weighted by atomic mass is 10.0. The lowest BCUT2D eigenvalue weighted by molar-refractivity contribution is 0.709. The lowest BCUT2D eigenvalue weighted by Gasteiger charge is -2.24. The van der Waals surface area contributed by atoms with Gasteiger partial charge in [0.2, 0.25) is 0 Å². The first-order valence-corrected chi connectivity index (χ1v) is 9.56. The van der Waals surface area contributed by atoms with Crippen LogP contribution >= 0.6 is 23.2 Å². The molecule has 0 saturated carbocycles. The SMILES string of the molecule is Clc1ccc(N2N=C(C=Cc3ccccc3)C[C@H]2c2ccccc2)cc1Cl. The molecule has 27 heavy (non-hydrogen) atoms. The predicted molar refractivity (Wildman–Crippen MR) is 116 cm³/mol. The first-order valence-electron chi connectivity index (χ1n) is 8.80. The van der Waals surface area contributed by atoms with Crippen molar-refractivity contribution in [3.8, 4) is 0 Å². The van der Waals surface area contributed by atoms with Gasteiger partial charge in [-0.2, -0.15) is 5.10 Å². The van der Waals surface area contributed by atoms with Crippen molar-refractivity contribution in [3.63, 3.8) is 0 Å². The number of halogens is 2. The minimum absolute atomic E-state index is 0.124. The van der Waals surface area contributed by atoms with Gasteiger partial charge in [-0.05, 0) is 35.4 Å². The second-order valence-electron chi connectivity index (χ2n) is 6.41. The highest BCUT2D eigenvalue weighted by molar-refractivity contribution is 6.42. The molecule has 134 valence electrons. The van der Waals surface area contributed by atoms with Crippen molar-refractivity contribution in [2.45, 2.75) is 12.5 Å². The van der Waals surface area contributed by atoms with Gasteiger partial charge in [-0.15, -0.1) is 0 Å². The highest BCUT2D eigenvalue weighted by Crippen LogP contribution is 2.37. The molecule has 4 rings (SSSR count). The van der Waals surface area contributed by atoms with E-state index in [1.807, 2.05) is 47.5 Å². The molecule has 0 unspecified atom stereocenters. The van der Waals surface area contributed by atoms with Crippen molar-refractivity contribution < 1.29 is 0 Å². The Balaban J connectivity index is 1.67. The average molecular weight is 393 g/mol. The molecule has 1 aliphatic rings. The Morgan fingerprint density at radius 1 is 0.815 bits per heavy atom. The monoisotopic (exact) mass is 392 g/mol. The van der Waals surface area contributed by atoms with E-state index in [-0.39, 0.29) is 6.04 Å². The first-order chi connectivity index (χ1) is 13.2. The summed E-state index contributed by atoms with van der Waals surface area (Å²) < 4.78 is 0. The van der Waals surface area contributed by atoms with Crippen LogP contribution in [0, 0.1) is 0 Å². The van der Waals surface area contributed by atoms with Crippen molar-refractivity contribution in [2.24, 2.45) is 5.10 Å². The van der Waals surface area contributed by atoms with Gasteiger partial charge in [-0.3, -0.25) is 5.01 Å². The van der Waals surface area contributed by atoms with Crippen LogP contribution in [0.2, 0.25) is 10.0 Å². The summed E-state index contributed by atoms with van der Waals surface area (Å²) in [6, 6.07) is 26.4. The second kappa shape index (κ2) is 7.99. The van der Waals surface area contributed by atoms with E-state index in [1.165, 1.54) is 5.56 Å². The van der Waals surface area contributed by atoms with E-state index in [0.29, 0.717) is 10.0 Å². The van der Waals surface area contributed by atoms with E-state index >= 15 is 0 Å². The highest BCUT2D eigenvalue weighted by atomic mass is 35.5. The topological polar surface area (TPSA) is 15.6 Å². The summed E-state index contributed by atoms with van der Waals surface area (Å²) in [6.07, 6.45) is 5.01. The third kappa shape index (κ3) is 4.08. The van der Waals surface area contributed by atoms with Crippen LogP contribution < -0.4 is 5.01 Å². The maximum Gasteiger partial charge on any atom is 0.0831 e. The molecule has 1 heterocycles. The summed E-state index contributed by atoms with van der Waals surface area (Å²) in [4.78, 5) is 0. The summed E-state index contributed by atoms with van der Waals surface area (Å²) in [5.74, 6) is 0. The van der Waals surface area contributed by atoms with Crippen LogP contribution in [0.25, 0.3) is 6.08 Å². The van der Waals surface area contributed by atoms with E-state index < -0.39 is 0 Å². The van der Waals surface area contributed by atoms with Gasteiger partial charge in [-0.25, -0.2) is 0 Å². The lowest BCUT2D eigenvalue weighted by Crippen LogP contribution is -2.18. The van der Waals surface area contributed by atoms with Gasteiger partial charge in [0.25, 0.3) is 0 Å². The molecule has 4 heteroatoms. The summed E-state index contributed by atoms with van der Waals surface area (Å²) in [6.45, 7) is 0. The van der Waals surface area contributed by atoms with Crippen molar-refractivity contribution >= 4 is 40.7 Å². The largest absolute Gasteiger partial charge is 0.257 e. The van der Waals surface area contributed by atoms with Gasteiger partial charge in [0.1, 0.15) is 0 Å². The van der Waals surface area contributed by atoms with Gasteiger partial charge in [0.05, 0.1) is 27.5 Å². The standard InChI is InChI=1S/C23H18Cl2N2/c24-21-14-13-20(16-22(21)25)27-23(18-9-5-2-6-10-18)15-19(26-27)12-11-17-7-3-1-4-8-17/h1-14,16,23H,15H2/t23-/m0/s1. The second-order valence-corrected chi connectivity index (χ2v) is 7.22. The van der Waals surface area contributed by atoms with Crippen LogP contribution in [-0.2, 0) is 0 Å². The van der Waals surface area contributed by atoms with Crippen molar-refractivity contribution in [1.29, 1.82) is 0 Å². The number of hydrazone groups is 1. The molecule has 0 spiro atoms. The summed E-state index contributed by atoms with van der Waals surface area (Å²) >= 11 is 12.3. The smallest absolute Gasteiger partial charge is 0.0831 e. The molecule has 0 amide bonds. The van der Waals surface area contributed by atoms with E-state index in [4.69, 9.17) is 28.3 Å². The van der Waals surface area contributed by atoms with Gasteiger partial charge in [0, 0.05) is 6.42 Å². The molecule has 3 aromatic carbocycles. The van der Waals surface area contributed by atoms with Gasteiger partial charge < -0.3 is 0 Å². The number of rotatable bonds is 4. The van der Waals surface area contributed by atoms with Gasteiger partial charge in [-0.1, -0.05) is 89.9 Å². The predicted octanol–water partition coefficient (Wildman–Crippen LogP) is 7.01. The molecule has 0 bridgehead atoms. The normalized spacial score (nSPS) is 16.7. The van der Waals surface area contributed by atoms with E-state index in [2.05, 4.69) is 48.6 Å². The van der Waals surface area contributed by atoms with Crippen LogP contribution in [0.1, 0.15) is 23.6 Å². The molecule has 0 N–H and O–H groups in total. The van der Waals surface area contributed by atoms with Crippen LogP contribution in [0.15, 0.2) is 90.0 Å². The average Bonchev–Trinajstić information content (AvgIpc) is 3.14. The maximum atomic E-state index is 6.24. The molecule has 0 aliphatic carbocycles. The Labute approximate surface area is 169 Å². The third-order valence-corrected chi connectivity index (χ3v) is 5.29. The third-order valence-electron chi connectivity index (χ3n) is 4.55. The zero-order valence-corrected chi connectivity index (χ0v) is 16.1. The van der Waals surface area contributed by atoms with E-state index in [0.717, 1.165) is 23.4 Å². The number of hydrogen-bond donors (Lipinski definition) is 0. The van der Waals surface area contributed by atoms with Gasteiger partial charge in [0.15, 0.2) is 0 Å². The molecule has 0 fully saturated rings. The molecule has 0 radical (unpaired) electrons. The summed E-state index contributed by atoms with van der Waals surface area (Å²) in [7, 11) is 0. The number of benzene rings is 3. The Morgan fingerprint density at radius 2 is 1.52 bits per heavy atom. The van der Waals surface area contributed by atoms with E-state index in [9.17, 15) is 0 Å². The molecular formula is C23H18Cl2N2. The summed E-state index contributed by atoms with van der Waals surface area (Å²) in [5, 5.41) is 7.97. The fourth-order valence-corrected chi connectivity index (χ4v) is 3.48. The number of anilines is 1.